The van der Waals surface area contributed by atoms with Gasteiger partial charge in [-0.15, -0.1) is 11.8 Å². The van der Waals surface area contributed by atoms with Crippen LogP contribution in [0.4, 0.5) is 0 Å². The molecule has 0 spiro atoms. The fourth-order valence-electron chi connectivity index (χ4n) is 1.73. The van der Waals surface area contributed by atoms with E-state index in [-0.39, 0.29) is 0 Å². The number of thioether (sulfide) groups is 1. The number of hydrogen-bond donors (Lipinski definition) is 1. The summed E-state index contributed by atoms with van der Waals surface area (Å²) in [4.78, 5) is 4.52. The van der Waals surface area contributed by atoms with Gasteiger partial charge in [0.1, 0.15) is 0 Å². The molecule has 1 aromatic heterocycles. The van der Waals surface area contributed by atoms with E-state index in [2.05, 4.69) is 43.2 Å². The first kappa shape index (κ1) is 14.5. The van der Waals surface area contributed by atoms with Crippen molar-refractivity contribution in [3.63, 3.8) is 0 Å². The second kappa shape index (κ2) is 8.54. The minimum Gasteiger partial charge on any atom is -0.316 e. The van der Waals surface area contributed by atoms with E-state index in [4.69, 9.17) is 0 Å². The van der Waals surface area contributed by atoms with Crippen LogP contribution in [0.1, 0.15) is 37.4 Å². The second-order valence-corrected chi connectivity index (χ2v) is 5.54. The van der Waals surface area contributed by atoms with Crippen LogP contribution < -0.4 is 5.32 Å². The van der Waals surface area contributed by atoms with E-state index >= 15 is 0 Å². The van der Waals surface area contributed by atoms with Gasteiger partial charge in [-0.1, -0.05) is 19.8 Å². The number of aryl methyl sites for hydroxylation is 2. The molecule has 0 fully saturated rings. The molecule has 0 aliphatic rings. The highest BCUT2D eigenvalue weighted by atomic mass is 32.2. The molecule has 0 atom stereocenters. The fraction of sp³-hybridized carbons (Fsp3) is 0.643. The van der Waals surface area contributed by atoms with Crippen molar-refractivity contribution >= 4 is 11.8 Å². The number of aromatic nitrogens is 1. The van der Waals surface area contributed by atoms with Crippen LogP contribution in [-0.4, -0.2) is 23.8 Å². The molecule has 2 nitrogen and oxygen atoms in total. The summed E-state index contributed by atoms with van der Waals surface area (Å²) in [6, 6.07) is 4.28. The van der Waals surface area contributed by atoms with Gasteiger partial charge in [-0.2, -0.15) is 0 Å². The summed E-state index contributed by atoms with van der Waals surface area (Å²) < 4.78 is 0. The number of hydrogen-bond acceptors (Lipinski definition) is 3. The zero-order chi connectivity index (χ0) is 12.5. The van der Waals surface area contributed by atoms with E-state index in [0.717, 1.165) is 29.6 Å². The van der Waals surface area contributed by atoms with Gasteiger partial charge in [0.25, 0.3) is 0 Å². The molecule has 1 N–H and O–H groups in total. The minimum absolute atomic E-state index is 1.07. The van der Waals surface area contributed by atoms with Crippen LogP contribution in [0.3, 0.4) is 0 Å². The molecule has 0 amide bonds. The first-order chi connectivity index (χ1) is 8.22. The van der Waals surface area contributed by atoms with Gasteiger partial charge in [0.15, 0.2) is 0 Å². The van der Waals surface area contributed by atoms with E-state index in [1.54, 1.807) is 0 Å². The molecule has 0 aromatic carbocycles. The Bertz CT molecular complexity index is 306. The van der Waals surface area contributed by atoms with Crippen molar-refractivity contribution in [3.05, 3.63) is 23.4 Å². The number of nitrogens with one attached hydrogen (secondary N) is 1. The van der Waals surface area contributed by atoms with Crippen molar-refractivity contribution in [1.82, 2.24) is 10.3 Å². The van der Waals surface area contributed by atoms with Crippen molar-refractivity contribution in [2.45, 2.75) is 45.1 Å². The molecule has 0 saturated heterocycles. The summed E-state index contributed by atoms with van der Waals surface area (Å²) >= 11 is 1.84. The van der Waals surface area contributed by atoms with Gasteiger partial charge in [-0.3, -0.25) is 0 Å². The molecule has 1 aromatic rings. The van der Waals surface area contributed by atoms with Crippen LogP contribution in [0.2, 0.25) is 0 Å². The molecular formula is C14H24N2S. The molecule has 0 aliphatic heterocycles. The molecule has 96 valence electrons. The van der Waals surface area contributed by atoms with Gasteiger partial charge in [-0.25, -0.2) is 4.98 Å². The largest absolute Gasteiger partial charge is 0.316 e. The lowest BCUT2D eigenvalue weighted by molar-refractivity contribution is 0.636. The maximum absolute atomic E-state index is 4.52. The second-order valence-electron chi connectivity index (χ2n) is 4.43. The van der Waals surface area contributed by atoms with E-state index < -0.39 is 0 Å². The molecule has 0 unspecified atom stereocenters. The highest BCUT2D eigenvalue weighted by Crippen LogP contribution is 2.16. The first-order valence-corrected chi connectivity index (χ1v) is 7.49. The molecule has 17 heavy (non-hydrogen) atoms. The van der Waals surface area contributed by atoms with Crippen LogP contribution >= 0.6 is 11.8 Å². The Labute approximate surface area is 110 Å². The van der Waals surface area contributed by atoms with Crippen LogP contribution in [-0.2, 0) is 0 Å². The molecule has 0 radical (unpaired) electrons. The van der Waals surface area contributed by atoms with E-state index in [1.807, 2.05) is 11.8 Å². The molecule has 3 heteroatoms. The van der Waals surface area contributed by atoms with E-state index in [1.165, 1.54) is 24.8 Å². The number of unbranched alkanes of at least 4 members (excludes halogenated alkanes) is 2. The Morgan fingerprint density at radius 1 is 1.18 bits per heavy atom. The third-order valence-corrected chi connectivity index (χ3v) is 3.47. The van der Waals surface area contributed by atoms with Crippen molar-refractivity contribution in [1.29, 1.82) is 0 Å². The summed E-state index contributed by atoms with van der Waals surface area (Å²) in [5, 5.41) is 4.62. The zero-order valence-corrected chi connectivity index (χ0v) is 12.1. The number of nitrogens with zero attached hydrogens (tertiary/aromatic N) is 1. The minimum atomic E-state index is 1.07. The third-order valence-electron chi connectivity index (χ3n) is 2.56. The van der Waals surface area contributed by atoms with Crippen molar-refractivity contribution < 1.29 is 0 Å². The Balaban J connectivity index is 2.13. The Kier molecular flexibility index (Phi) is 7.29. The Hall–Kier alpha value is -0.540. The zero-order valence-electron chi connectivity index (χ0n) is 11.3. The van der Waals surface area contributed by atoms with Crippen molar-refractivity contribution in [3.8, 4) is 0 Å². The average molecular weight is 252 g/mol. The lowest BCUT2D eigenvalue weighted by Crippen LogP contribution is -2.18. The normalized spacial score (nSPS) is 10.8. The summed E-state index contributed by atoms with van der Waals surface area (Å²) in [7, 11) is 0. The standard InChI is InChI=1S/C14H24N2S/c1-4-5-6-7-15-8-9-17-14-11-12(2)10-13(3)16-14/h10-11,15H,4-9H2,1-3H3. The predicted octanol–water partition coefficient (Wildman–Crippen LogP) is 3.57. The topological polar surface area (TPSA) is 24.9 Å². The maximum atomic E-state index is 4.52. The van der Waals surface area contributed by atoms with Crippen LogP contribution in [0.5, 0.6) is 0 Å². The quantitative estimate of drug-likeness (QED) is 0.565. The maximum Gasteiger partial charge on any atom is 0.0966 e. The van der Waals surface area contributed by atoms with E-state index in [0.29, 0.717) is 0 Å². The molecule has 0 bridgehead atoms. The Morgan fingerprint density at radius 3 is 2.71 bits per heavy atom. The van der Waals surface area contributed by atoms with Crippen LogP contribution in [0.25, 0.3) is 0 Å². The van der Waals surface area contributed by atoms with Gasteiger partial charge >= 0.3 is 0 Å². The molecule has 1 heterocycles. The number of pyridine rings is 1. The van der Waals surface area contributed by atoms with Crippen molar-refractivity contribution in [2.75, 3.05) is 18.8 Å². The third kappa shape index (κ3) is 6.69. The lowest BCUT2D eigenvalue weighted by Gasteiger charge is -2.05. The highest BCUT2D eigenvalue weighted by molar-refractivity contribution is 7.99. The van der Waals surface area contributed by atoms with Gasteiger partial charge in [0.2, 0.25) is 0 Å². The fourth-order valence-corrected chi connectivity index (χ4v) is 2.66. The lowest BCUT2D eigenvalue weighted by atomic mass is 10.2. The molecular weight excluding hydrogens is 228 g/mol. The first-order valence-electron chi connectivity index (χ1n) is 6.51. The smallest absolute Gasteiger partial charge is 0.0966 e. The average Bonchev–Trinajstić information content (AvgIpc) is 2.26. The van der Waals surface area contributed by atoms with Crippen LogP contribution in [0, 0.1) is 13.8 Å². The molecule has 0 aliphatic carbocycles. The van der Waals surface area contributed by atoms with Crippen LogP contribution in [0.15, 0.2) is 17.2 Å². The monoisotopic (exact) mass is 252 g/mol. The summed E-state index contributed by atoms with van der Waals surface area (Å²) in [5.41, 5.74) is 2.42. The van der Waals surface area contributed by atoms with Gasteiger partial charge in [0, 0.05) is 18.0 Å². The van der Waals surface area contributed by atoms with Gasteiger partial charge < -0.3 is 5.32 Å². The molecule has 0 saturated carbocycles. The predicted molar refractivity (Wildman–Crippen MR) is 76.8 cm³/mol. The number of rotatable bonds is 8. The summed E-state index contributed by atoms with van der Waals surface area (Å²) in [6.07, 6.45) is 3.92. The van der Waals surface area contributed by atoms with Gasteiger partial charge in [-0.05, 0) is 44.5 Å². The summed E-state index contributed by atoms with van der Waals surface area (Å²) in [5.74, 6) is 1.10. The highest BCUT2D eigenvalue weighted by Gasteiger charge is 1.98. The van der Waals surface area contributed by atoms with Crippen molar-refractivity contribution in [2.24, 2.45) is 0 Å². The molecule has 1 rings (SSSR count). The SMILES string of the molecule is CCCCCNCCSc1cc(C)cc(C)n1. The van der Waals surface area contributed by atoms with Gasteiger partial charge in [0.05, 0.1) is 5.03 Å². The van der Waals surface area contributed by atoms with E-state index in [9.17, 15) is 0 Å². The Morgan fingerprint density at radius 2 is 2.00 bits per heavy atom. The summed E-state index contributed by atoms with van der Waals surface area (Å²) in [6.45, 7) is 8.64.